The Labute approximate surface area is 108 Å². The van der Waals surface area contributed by atoms with Crippen molar-refractivity contribution in [2.24, 2.45) is 5.73 Å². The Hall–Kier alpha value is -1.39. The number of amides is 1. The molecule has 1 aliphatic rings. The zero-order valence-corrected chi connectivity index (χ0v) is 10.9. The molecule has 1 fully saturated rings. The van der Waals surface area contributed by atoms with Crippen molar-refractivity contribution in [3.05, 3.63) is 35.9 Å². The van der Waals surface area contributed by atoms with Crippen molar-refractivity contribution in [2.45, 2.75) is 19.0 Å². The summed E-state index contributed by atoms with van der Waals surface area (Å²) in [6, 6.07) is 10.7. The molecular weight excluding hydrogens is 226 g/mol. The average molecular weight is 247 g/mol. The first kappa shape index (κ1) is 13.1. The minimum atomic E-state index is 0.0292. The molecule has 0 saturated carbocycles. The minimum Gasteiger partial charge on any atom is -0.340 e. The molecule has 1 aromatic carbocycles. The monoisotopic (exact) mass is 247 g/mol. The smallest absolute Gasteiger partial charge is 0.236 e. The van der Waals surface area contributed by atoms with Gasteiger partial charge in [-0.1, -0.05) is 30.3 Å². The van der Waals surface area contributed by atoms with E-state index < -0.39 is 0 Å². The van der Waals surface area contributed by atoms with Gasteiger partial charge >= 0.3 is 0 Å². The Balaban J connectivity index is 1.87. The Kier molecular flexibility index (Phi) is 4.33. The molecule has 1 aromatic rings. The van der Waals surface area contributed by atoms with Crippen molar-refractivity contribution < 1.29 is 4.79 Å². The van der Waals surface area contributed by atoms with Crippen molar-refractivity contribution in [3.8, 4) is 0 Å². The van der Waals surface area contributed by atoms with E-state index in [9.17, 15) is 4.79 Å². The Morgan fingerprint density at radius 1 is 1.44 bits per heavy atom. The van der Waals surface area contributed by atoms with Gasteiger partial charge in [0.25, 0.3) is 0 Å². The Morgan fingerprint density at radius 2 is 2.17 bits per heavy atom. The number of rotatable bonds is 4. The van der Waals surface area contributed by atoms with E-state index in [4.69, 9.17) is 5.73 Å². The molecule has 98 valence electrons. The van der Waals surface area contributed by atoms with Crippen LogP contribution in [0.2, 0.25) is 0 Å². The van der Waals surface area contributed by atoms with Crippen LogP contribution in [0, 0.1) is 0 Å². The summed E-state index contributed by atoms with van der Waals surface area (Å²) >= 11 is 0. The van der Waals surface area contributed by atoms with Gasteiger partial charge in [0.15, 0.2) is 0 Å². The van der Waals surface area contributed by atoms with Gasteiger partial charge in [-0.2, -0.15) is 0 Å². The fraction of sp³-hybridized carbons (Fsp3) is 0.500. The van der Waals surface area contributed by atoms with E-state index in [1.165, 1.54) is 5.56 Å². The lowest BCUT2D eigenvalue weighted by atomic mass is 10.2. The van der Waals surface area contributed by atoms with E-state index in [0.29, 0.717) is 6.04 Å². The molecule has 2 rings (SSSR count). The van der Waals surface area contributed by atoms with Gasteiger partial charge in [-0.25, -0.2) is 0 Å². The van der Waals surface area contributed by atoms with E-state index in [2.05, 4.69) is 29.2 Å². The van der Waals surface area contributed by atoms with Crippen molar-refractivity contribution in [3.63, 3.8) is 0 Å². The normalized spacial score (nSPS) is 20.0. The molecule has 1 aliphatic heterocycles. The van der Waals surface area contributed by atoms with Crippen LogP contribution < -0.4 is 5.73 Å². The molecule has 1 heterocycles. The summed E-state index contributed by atoms with van der Waals surface area (Å²) in [5.74, 6) is 0.0292. The summed E-state index contributed by atoms with van der Waals surface area (Å²) in [4.78, 5) is 15.7. The summed E-state index contributed by atoms with van der Waals surface area (Å²) in [6.45, 7) is 3.05. The second-order valence-corrected chi connectivity index (χ2v) is 4.87. The van der Waals surface area contributed by atoms with Gasteiger partial charge in [0.05, 0.1) is 6.54 Å². The minimum absolute atomic E-state index is 0.0292. The second-order valence-electron chi connectivity index (χ2n) is 4.87. The summed E-state index contributed by atoms with van der Waals surface area (Å²) < 4.78 is 0. The van der Waals surface area contributed by atoms with Crippen molar-refractivity contribution in [1.82, 2.24) is 9.80 Å². The number of carbonyl (C=O) groups excluding carboxylic acids is 1. The zero-order chi connectivity index (χ0) is 13.0. The highest BCUT2D eigenvalue weighted by molar-refractivity contribution is 5.78. The van der Waals surface area contributed by atoms with Gasteiger partial charge in [0.1, 0.15) is 0 Å². The molecule has 4 nitrogen and oxygen atoms in total. The largest absolute Gasteiger partial charge is 0.340 e. The van der Waals surface area contributed by atoms with Crippen molar-refractivity contribution in [1.29, 1.82) is 0 Å². The van der Waals surface area contributed by atoms with E-state index in [0.717, 1.165) is 26.1 Å². The third-order valence-corrected chi connectivity index (χ3v) is 3.61. The number of likely N-dealkylation sites (N-methyl/N-ethyl adjacent to an activating group) is 1. The average Bonchev–Trinajstić information content (AvgIpc) is 2.86. The summed E-state index contributed by atoms with van der Waals surface area (Å²) in [5, 5.41) is 0. The quantitative estimate of drug-likeness (QED) is 0.851. The lowest BCUT2D eigenvalue weighted by Gasteiger charge is -2.24. The highest BCUT2D eigenvalue weighted by Crippen LogP contribution is 2.17. The Bertz CT molecular complexity index is 393. The predicted molar refractivity (Wildman–Crippen MR) is 71.9 cm³/mol. The van der Waals surface area contributed by atoms with Crippen molar-refractivity contribution in [2.75, 3.05) is 26.7 Å². The Morgan fingerprint density at radius 3 is 2.83 bits per heavy atom. The fourth-order valence-corrected chi connectivity index (χ4v) is 2.46. The van der Waals surface area contributed by atoms with Gasteiger partial charge in [0, 0.05) is 32.7 Å². The first-order chi connectivity index (χ1) is 8.70. The summed E-state index contributed by atoms with van der Waals surface area (Å²) in [6.07, 6.45) is 1.04. The predicted octanol–water partition coefficient (Wildman–Crippen LogP) is 0.678. The van der Waals surface area contributed by atoms with Crippen molar-refractivity contribution >= 4 is 5.91 Å². The highest BCUT2D eigenvalue weighted by atomic mass is 16.2. The maximum absolute atomic E-state index is 11.5. The van der Waals surface area contributed by atoms with Gasteiger partial charge < -0.3 is 10.6 Å². The first-order valence-corrected chi connectivity index (χ1v) is 6.42. The van der Waals surface area contributed by atoms with Crippen LogP contribution in [0.25, 0.3) is 0 Å². The van der Waals surface area contributed by atoms with Crippen LogP contribution in [0.5, 0.6) is 0 Å². The molecule has 0 aromatic heterocycles. The molecule has 2 N–H and O–H groups in total. The fourth-order valence-electron chi connectivity index (χ4n) is 2.46. The molecule has 1 unspecified atom stereocenters. The number of likely N-dealkylation sites (tertiary alicyclic amines) is 1. The molecule has 4 heteroatoms. The molecule has 0 bridgehead atoms. The molecule has 1 saturated heterocycles. The van der Waals surface area contributed by atoms with E-state index >= 15 is 0 Å². The van der Waals surface area contributed by atoms with Gasteiger partial charge in [-0.3, -0.25) is 9.69 Å². The van der Waals surface area contributed by atoms with Crippen LogP contribution in [0.3, 0.4) is 0 Å². The SMILES string of the molecule is CN(C(=O)CN)C1CCN(Cc2ccccc2)C1. The highest BCUT2D eigenvalue weighted by Gasteiger charge is 2.27. The van der Waals surface area contributed by atoms with Gasteiger partial charge in [-0.05, 0) is 12.0 Å². The number of hydrogen-bond donors (Lipinski definition) is 1. The maximum atomic E-state index is 11.5. The molecule has 0 radical (unpaired) electrons. The van der Waals surface area contributed by atoms with Crippen LogP contribution in [0.15, 0.2) is 30.3 Å². The van der Waals surface area contributed by atoms with E-state index in [1.807, 2.05) is 13.1 Å². The van der Waals surface area contributed by atoms with E-state index in [-0.39, 0.29) is 12.5 Å². The lowest BCUT2D eigenvalue weighted by Crippen LogP contribution is -2.42. The number of carbonyl (C=O) groups is 1. The number of benzene rings is 1. The summed E-state index contributed by atoms with van der Waals surface area (Å²) in [5.41, 5.74) is 6.72. The maximum Gasteiger partial charge on any atom is 0.236 e. The zero-order valence-electron chi connectivity index (χ0n) is 10.9. The molecule has 1 amide bonds. The van der Waals surface area contributed by atoms with Crippen LogP contribution >= 0.6 is 0 Å². The molecule has 18 heavy (non-hydrogen) atoms. The molecule has 0 spiro atoms. The second kappa shape index (κ2) is 5.98. The standard InChI is InChI=1S/C14H21N3O/c1-16(14(18)9-15)13-7-8-17(11-13)10-12-5-3-2-4-6-12/h2-6,13H,7-11,15H2,1H3. The number of hydrogen-bond acceptors (Lipinski definition) is 3. The van der Waals surface area contributed by atoms with Gasteiger partial charge in [-0.15, -0.1) is 0 Å². The van der Waals surface area contributed by atoms with E-state index in [1.54, 1.807) is 4.90 Å². The summed E-state index contributed by atoms with van der Waals surface area (Å²) in [7, 11) is 1.85. The van der Waals surface area contributed by atoms with Crippen LogP contribution in [-0.2, 0) is 11.3 Å². The molecule has 0 aliphatic carbocycles. The van der Waals surface area contributed by atoms with Gasteiger partial charge in [0.2, 0.25) is 5.91 Å². The van der Waals surface area contributed by atoms with Crippen LogP contribution in [0.1, 0.15) is 12.0 Å². The lowest BCUT2D eigenvalue weighted by molar-refractivity contribution is -0.130. The topological polar surface area (TPSA) is 49.6 Å². The number of nitrogens with zero attached hydrogens (tertiary/aromatic N) is 2. The third kappa shape index (κ3) is 3.09. The molecular formula is C14H21N3O. The molecule has 1 atom stereocenters. The van der Waals surface area contributed by atoms with Crippen LogP contribution in [0.4, 0.5) is 0 Å². The number of nitrogens with two attached hydrogens (primary N) is 1. The van der Waals surface area contributed by atoms with Crippen LogP contribution in [-0.4, -0.2) is 48.4 Å². The third-order valence-electron chi connectivity index (χ3n) is 3.61. The first-order valence-electron chi connectivity index (χ1n) is 6.42.